The van der Waals surface area contributed by atoms with Gasteiger partial charge in [0, 0.05) is 25.2 Å². The van der Waals surface area contributed by atoms with E-state index in [0.29, 0.717) is 25.9 Å². The largest absolute Gasteiger partial charge is 0.469 e. The van der Waals surface area contributed by atoms with Gasteiger partial charge in [-0.15, -0.1) is 0 Å². The van der Waals surface area contributed by atoms with Gasteiger partial charge in [0.25, 0.3) is 0 Å². The molecule has 0 spiro atoms. The van der Waals surface area contributed by atoms with Gasteiger partial charge in [0.15, 0.2) is 0 Å². The van der Waals surface area contributed by atoms with Crippen molar-refractivity contribution in [2.24, 2.45) is 5.41 Å². The summed E-state index contributed by atoms with van der Waals surface area (Å²) < 4.78 is 10.5. The summed E-state index contributed by atoms with van der Waals surface area (Å²) in [5.41, 5.74) is -1.40. The molecule has 0 N–H and O–H groups in total. The average Bonchev–Trinajstić information content (AvgIpc) is 2.43. The molecule has 2 unspecified atom stereocenters. The fraction of sp³-hybridized carbons (Fsp3) is 0.824. The van der Waals surface area contributed by atoms with Gasteiger partial charge in [-0.3, -0.25) is 9.69 Å². The van der Waals surface area contributed by atoms with Crippen LogP contribution >= 0.6 is 0 Å². The van der Waals surface area contributed by atoms with E-state index in [-0.39, 0.29) is 30.6 Å². The monoisotopic (exact) mass is 337 g/mol. The zero-order valence-electron chi connectivity index (χ0n) is 15.2. The minimum Gasteiger partial charge on any atom is -0.469 e. The Kier molecular flexibility index (Phi) is 5.09. The Morgan fingerprint density at radius 1 is 1.25 bits per heavy atom. The molecule has 2 aliphatic rings. The number of piperazine rings is 1. The van der Waals surface area contributed by atoms with Gasteiger partial charge in [-0.1, -0.05) is 0 Å². The summed E-state index contributed by atoms with van der Waals surface area (Å²) in [5, 5.41) is 9.20. The Hall–Kier alpha value is -1.81. The van der Waals surface area contributed by atoms with Crippen LogP contribution in [-0.2, 0) is 14.3 Å². The van der Waals surface area contributed by atoms with Gasteiger partial charge in [0.05, 0.1) is 25.0 Å². The van der Waals surface area contributed by atoms with E-state index in [1.807, 2.05) is 27.8 Å². The highest BCUT2D eigenvalue weighted by atomic mass is 16.6. The summed E-state index contributed by atoms with van der Waals surface area (Å²) >= 11 is 0. The topological polar surface area (TPSA) is 82.9 Å². The lowest BCUT2D eigenvalue weighted by atomic mass is 9.69. The number of likely N-dealkylation sites (N-methyl/N-ethyl adjacent to an activating group) is 1. The molecule has 2 heterocycles. The number of piperidine rings is 1. The van der Waals surface area contributed by atoms with Gasteiger partial charge in [0.1, 0.15) is 5.60 Å². The van der Waals surface area contributed by atoms with E-state index in [4.69, 9.17) is 9.47 Å². The van der Waals surface area contributed by atoms with Crippen molar-refractivity contribution >= 4 is 12.1 Å². The summed E-state index contributed by atoms with van der Waals surface area (Å²) in [6.07, 6.45) is 0.611. The van der Waals surface area contributed by atoms with Crippen LogP contribution in [-0.4, -0.2) is 66.8 Å². The maximum absolute atomic E-state index is 12.6. The zero-order valence-corrected chi connectivity index (χ0v) is 15.2. The highest BCUT2D eigenvalue weighted by Gasteiger charge is 2.54. The van der Waals surface area contributed by atoms with E-state index >= 15 is 0 Å². The molecule has 0 saturated carbocycles. The molecule has 7 nitrogen and oxygen atoms in total. The Morgan fingerprint density at radius 2 is 1.79 bits per heavy atom. The number of fused-ring (bicyclic) bond motifs is 2. The molecule has 134 valence electrons. The quantitative estimate of drug-likeness (QED) is 0.714. The van der Waals surface area contributed by atoms with Crippen LogP contribution in [0.4, 0.5) is 4.79 Å². The standard InChI is InChI=1S/C17H27N3O4/c1-16(2,3)24-15(22)20-12-8-17(6-7-18,14(21)23-5)9-13(20)11-19(4)10-12/h12-13H,6,8-11H2,1-5H3. The van der Waals surface area contributed by atoms with Crippen LogP contribution in [0, 0.1) is 16.7 Å². The molecule has 0 radical (unpaired) electrons. The molecule has 7 heteroatoms. The van der Waals surface area contributed by atoms with Crippen LogP contribution in [0.2, 0.25) is 0 Å². The summed E-state index contributed by atoms with van der Waals surface area (Å²) in [4.78, 5) is 28.9. The summed E-state index contributed by atoms with van der Waals surface area (Å²) in [7, 11) is 3.35. The molecule has 0 aromatic rings. The van der Waals surface area contributed by atoms with E-state index in [0.717, 1.165) is 0 Å². The molecule has 2 rings (SSSR count). The lowest BCUT2D eigenvalue weighted by Crippen LogP contribution is -2.66. The highest BCUT2D eigenvalue weighted by Crippen LogP contribution is 2.44. The number of esters is 1. The van der Waals surface area contributed by atoms with Crippen LogP contribution in [0.1, 0.15) is 40.0 Å². The number of ether oxygens (including phenoxy) is 2. The second-order valence-electron chi connectivity index (χ2n) is 7.93. The first-order valence-corrected chi connectivity index (χ1v) is 8.27. The molecule has 24 heavy (non-hydrogen) atoms. The van der Waals surface area contributed by atoms with Gasteiger partial charge in [-0.2, -0.15) is 5.26 Å². The molecular formula is C17H27N3O4. The van der Waals surface area contributed by atoms with E-state index < -0.39 is 11.0 Å². The van der Waals surface area contributed by atoms with Crippen molar-refractivity contribution in [3.63, 3.8) is 0 Å². The van der Waals surface area contributed by atoms with Crippen molar-refractivity contribution in [1.82, 2.24) is 9.80 Å². The second-order valence-corrected chi connectivity index (χ2v) is 7.93. The molecule has 2 aliphatic heterocycles. The number of nitriles is 1. The Balaban J connectivity index is 2.29. The highest BCUT2D eigenvalue weighted by molar-refractivity contribution is 5.78. The number of hydrogen-bond donors (Lipinski definition) is 0. The van der Waals surface area contributed by atoms with Crippen molar-refractivity contribution in [2.45, 2.75) is 57.7 Å². The minimum atomic E-state index is -0.835. The van der Waals surface area contributed by atoms with E-state index in [1.165, 1.54) is 7.11 Å². The number of carbonyl (C=O) groups is 2. The van der Waals surface area contributed by atoms with Crippen LogP contribution in [0.3, 0.4) is 0 Å². The molecule has 2 bridgehead atoms. The Labute approximate surface area is 143 Å². The maximum Gasteiger partial charge on any atom is 0.410 e. The molecule has 2 saturated heterocycles. The Morgan fingerprint density at radius 3 is 2.21 bits per heavy atom. The van der Waals surface area contributed by atoms with Crippen molar-refractivity contribution in [3.05, 3.63) is 0 Å². The summed E-state index contributed by atoms with van der Waals surface area (Å²) in [6, 6.07) is 1.80. The normalized spacial score (nSPS) is 30.4. The molecular weight excluding hydrogens is 310 g/mol. The van der Waals surface area contributed by atoms with E-state index in [1.54, 1.807) is 4.90 Å². The zero-order chi connectivity index (χ0) is 18.1. The molecule has 2 atom stereocenters. The van der Waals surface area contributed by atoms with E-state index in [2.05, 4.69) is 11.0 Å². The van der Waals surface area contributed by atoms with E-state index in [9.17, 15) is 14.9 Å². The first-order valence-electron chi connectivity index (χ1n) is 8.27. The van der Waals surface area contributed by atoms with Crippen LogP contribution < -0.4 is 0 Å². The number of likely N-dealkylation sites (tertiary alicyclic amines) is 1. The third-order valence-corrected chi connectivity index (χ3v) is 4.72. The molecule has 1 amide bonds. The lowest BCUT2D eigenvalue weighted by Gasteiger charge is -2.53. The van der Waals surface area contributed by atoms with Crippen LogP contribution in [0.25, 0.3) is 0 Å². The first kappa shape index (κ1) is 18.5. The predicted octanol–water partition coefficient (Wildman–Crippen LogP) is 1.77. The molecule has 0 aromatic carbocycles. The molecule has 0 aromatic heterocycles. The fourth-order valence-corrected chi connectivity index (χ4v) is 3.94. The smallest absolute Gasteiger partial charge is 0.410 e. The number of methoxy groups -OCH3 is 1. The molecule has 2 fully saturated rings. The predicted molar refractivity (Wildman–Crippen MR) is 87.1 cm³/mol. The SMILES string of the molecule is COC(=O)C1(CC#N)CC2CN(C)CC(C1)N2C(=O)OC(C)(C)C. The van der Waals surface area contributed by atoms with Gasteiger partial charge in [-0.05, 0) is 40.7 Å². The minimum absolute atomic E-state index is 0.110. The molecule has 0 aliphatic carbocycles. The van der Waals surface area contributed by atoms with Crippen LogP contribution in [0.5, 0.6) is 0 Å². The van der Waals surface area contributed by atoms with Gasteiger partial charge < -0.3 is 14.4 Å². The van der Waals surface area contributed by atoms with Gasteiger partial charge >= 0.3 is 12.1 Å². The Bertz CT molecular complexity index is 533. The second kappa shape index (κ2) is 6.60. The number of amides is 1. The van der Waals surface area contributed by atoms with Crippen molar-refractivity contribution in [2.75, 3.05) is 27.2 Å². The van der Waals surface area contributed by atoms with Crippen molar-refractivity contribution in [1.29, 1.82) is 5.26 Å². The number of hydrogen-bond acceptors (Lipinski definition) is 6. The lowest BCUT2D eigenvalue weighted by molar-refractivity contribution is -0.161. The number of rotatable bonds is 2. The summed E-state index contributed by atoms with van der Waals surface area (Å²) in [5.74, 6) is -0.354. The van der Waals surface area contributed by atoms with Gasteiger partial charge in [0.2, 0.25) is 0 Å². The first-order chi connectivity index (χ1) is 11.1. The van der Waals surface area contributed by atoms with Gasteiger partial charge in [-0.25, -0.2) is 4.79 Å². The third-order valence-electron chi connectivity index (χ3n) is 4.72. The van der Waals surface area contributed by atoms with Crippen molar-refractivity contribution in [3.8, 4) is 6.07 Å². The van der Waals surface area contributed by atoms with Crippen LogP contribution in [0.15, 0.2) is 0 Å². The van der Waals surface area contributed by atoms with Crippen molar-refractivity contribution < 1.29 is 19.1 Å². The average molecular weight is 337 g/mol. The number of nitrogens with zero attached hydrogens (tertiary/aromatic N) is 3. The third kappa shape index (κ3) is 3.64. The fourth-order valence-electron chi connectivity index (χ4n) is 3.94. The maximum atomic E-state index is 12.6. The summed E-state index contributed by atoms with van der Waals surface area (Å²) in [6.45, 7) is 6.82. The number of carbonyl (C=O) groups excluding carboxylic acids is 2.